The molecule has 0 N–H and O–H groups in total. The molecular weight excluding hydrogens is 356 g/mol. The van der Waals surface area contributed by atoms with E-state index in [0.717, 1.165) is 17.9 Å². The number of benzene rings is 2. The number of aromatic nitrogens is 1. The summed E-state index contributed by atoms with van der Waals surface area (Å²) in [5.41, 5.74) is 3.55. The summed E-state index contributed by atoms with van der Waals surface area (Å²) in [5, 5.41) is 1.17. The molecular formula is C22H24N2O4. The molecule has 0 radical (unpaired) electrons. The Hall–Kier alpha value is -3.15. The van der Waals surface area contributed by atoms with Gasteiger partial charge >= 0.3 is 0 Å². The number of nitrogens with zero attached hydrogens (tertiary/aromatic N) is 2. The lowest BCUT2D eigenvalue weighted by Gasteiger charge is -2.32. The van der Waals surface area contributed by atoms with Gasteiger partial charge in [-0.05, 0) is 31.2 Å². The van der Waals surface area contributed by atoms with Gasteiger partial charge in [-0.25, -0.2) is 0 Å². The van der Waals surface area contributed by atoms with E-state index in [9.17, 15) is 4.79 Å². The summed E-state index contributed by atoms with van der Waals surface area (Å²) in [6.07, 6.45) is 2.51. The van der Waals surface area contributed by atoms with Crippen LogP contribution in [0.1, 0.15) is 23.7 Å². The lowest BCUT2D eigenvalue weighted by atomic mass is 9.97. The molecule has 6 nitrogen and oxygen atoms in total. The quantitative estimate of drug-likeness (QED) is 0.656. The van der Waals surface area contributed by atoms with E-state index in [4.69, 9.17) is 14.2 Å². The monoisotopic (exact) mass is 380 g/mol. The van der Waals surface area contributed by atoms with Crippen molar-refractivity contribution in [2.75, 3.05) is 32.8 Å². The average molecular weight is 380 g/mol. The van der Waals surface area contributed by atoms with Crippen LogP contribution in [0.5, 0.6) is 17.2 Å². The summed E-state index contributed by atoms with van der Waals surface area (Å²) >= 11 is 0. The molecule has 4 rings (SSSR count). The standard InChI is InChI=1S/C22H24N2O4/c1-5-23-10-8-14-12-15(6-7-16(14)23)24-11-9-18(25)20-17(24)13-19(26-2)21(27-3)22(20)28-4/h6-8,10,12-13H,5,9,11H2,1-4H3. The smallest absolute Gasteiger partial charge is 0.204 e. The fraction of sp³-hybridized carbons (Fsp3) is 0.318. The van der Waals surface area contributed by atoms with E-state index >= 15 is 0 Å². The Morgan fingerprint density at radius 1 is 1.00 bits per heavy atom. The van der Waals surface area contributed by atoms with Crippen LogP contribution in [-0.4, -0.2) is 38.2 Å². The minimum atomic E-state index is 0.0438. The molecule has 0 saturated heterocycles. The van der Waals surface area contributed by atoms with Crippen LogP contribution >= 0.6 is 0 Å². The molecule has 0 saturated carbocycles. The molecule has 0 fully saturated rings. The summed E-state index contributed by atoms with van der Waals surface area (Å²) in [5.74, 6) is 1.44. The largest absolute Gasteiger partial charge is 0.493 e. The number of hydrogen-bond acceptors (Lipinski definition) is 5. The van der Waals surface area contributed by atoms with E-state index in [0.29, 0.717) is 35.8 Å². The Kier molecular flexibility index (Phi) is 4.63. The molecule has 0 atom stereocenters. The Labute approximate surface area is 164 Å². The molecule has 0 bridgehead atoms. The second-order valence-electron chi connectivity index (χ2n) is 6.71. The van der Waals surface area contributed by atoms with Gasteiger partial charge in [0.2, 0.25) is 5.75 Å². The first-order chi connectivity index (χ1) is 13.6. The lowest BCUT2D eigenvalue weighted by Crippen LogP contribution is -2.28. The third-order valence-corrected chi connectivity index (χ3v) is 5.35. The number of fused-ring (bicyclic) bond motifs is 2. The van der Waals surface area contributed by atoms with Gasteiger partial charge in [-0.1, -0.05) is 0 Å². The highest BCUT2D eigenvalue weighted by molar-refractivity contribution is 6.08. The number of carbonyl (C=O) groups excluding carboxylic acids is 1. The molecule has 0 aliphatic carbocycles. The zero-order valence-corrected chi connectivity index (χ0v) is 16.6. The minimum absolute atomic E-state index is 0.0438. The molecule has 1 aliphatic rings. The number of rotatable bonds is 5. The number of anilines is 2. The molecule has 3 aromatic rings. The third-order valence-electron chi connectivity index (χ3n) is 5.35. The summed E-state index contributed by atoms with van der Waals surface area (Å²) in [6, 6.07) is 10.4. The van der Waals surface area contributed by atoms with Gasteiger partial charge in [0.15, 0.2) is 17.3 Å². The Balaban J connectivity index is 1.90. The van der Waals surface area contributed by atoms with E-state index in [1.807, 2.05) is 6.07 Å². The van der Waals surface area contributed by atoms with E-state index in [-0.39, 0.29) is 5.78 Å². The molecule has 0 amide bonds. The zero-order valence-electron chi connectivity index (χ0n) is 16.6. The number of carbonyl (C=O) groups is 1. The Morgan fingerprint density at radius 2 is 1.79 bits per heavy atom. The van der Waals surface area contributed by atoms with Gasteiger partial charge < -0.3 is 23.7 Å². The number of ketones is 1. The second kappa shape index (κ2) is 7.11. The van der Waals surface area contributed by atoms with Gasteiger partial charge in [-0.3, -0.25) is 4.79 Å². The van der Waals surface area contributed by atoms with Crippen molar-refractivity contribution in [3.8, 4) is 17.2 Å². The molecule has 28 heavy (non-hydrogen) atoms. The number of ether oxygens (including phenoxy) is 3. The van der Waals surface area contributed by atoms with Crippen molar-refractivity contribution in [1.82, 2.24) is 4.57 Å². The molecule has 146 valence electrons. The maximum absolute atomic E-state index is 12.8. The fourth-order valence-electron chi connectivity index (χ4n) is 3.98. The minimum Gasteiger partial charge on any atom is -0.493 e. The highest BCUT2D eigenvalue weighted by Crippen LogP contribution is 2.48. The van der Waals surface area contributed by atoms with Gasteiger partial charge in [0, 0.05) is 48.4 Å². The van der Waals surface area contributed by atoms with Crippen molar-refractivity contribution in [1.29, 1.82) is 0 Å². The first-order valence-corrected chi connectivity index (χ1v) is 9.35. The van der Waals surface area contributed by atoms with Crippen LogP contribution in [0.3, 0.4) is 0 Å². The van der Waals surface area contributed by atoms with E-state index in [1.165, 1.54) is 10.9 Å². The number of aryl methyl sites for hydroxylation is 1. The maximum atomic E-state index is 12.8. The molecule has 0 spiro atoms. The molecule has 6 heteroatoms. The van der Waals surface area contributed by atoms with Crippen molar-refractivity contribution in [2.45, 2.75) is 19.9 Å². The van der Waals surface area contributed by atoms with Crippen LogP contribution in [0.25, 0.3) is 10.9 Å². The maximum Gasteiger partial charge on any atom is 0.204 e. The number of Topliss-reactive ketones (excluding diaryl/α,β-unsaturated/α-hetero) is 1. The Bertz CT molecular complexity index is 1050. The van der Waals surface area contributed by atoms with Gasteiger partial charge in [0.25, 0.3) is 0 Å². The summed E-state index contributed by atoms with van der Waals surface area (Å²) < 4.78 is 18.7. The SMILES string of the molecule is CCn1ccc2cc(N3CCC(=O)c4c3cc(OC)c(OC)c4OC)ccc21. The zero-order chi connectivity index (χ0) is 19.8. The fourth-order valence-corrected chi connectivity index (χ4v) is 3.98. The molecule has 1 aromatic heterocycles. The van der Waals surface area contributed by atoms with Gasteiger partial charge in [-0.2, -0.15) is 0 Å². The van der Waals surface area contributed by atoms with Crippen molar-refractivity contribution < 1.29 is 19.0 Å². The predicted molar refractivity (Wildman–Crippen MR) is 110 cm³/mol. The normalized spacial score (nSPS) is 13.6. The lowest BCUT2D eigenvalue weighted by molar-refractivity contribution is 0.0977. The van der Waals surface area contributed by atoms with Crippen LogP contribution in [-0.2, 0) is 6.54 Å². The molecule has 2 heterocycles. The molecule has 1 aliphatic heterocycles. The summed E-state index contributed by atoms with van der Waals surface area (Å²) in [6.45, 7) is 3.66. The van der Waals surface area contributed by atoms with Gasteiger partial charge in [-0.15, -0.1) is 0 Å². The van der Waals surface area contributed by atoms with Crippen LogP contribution in [0.2, 0.25) is 0 Å². The van der Waals surface area contributed by atoms with Crippen molar-refractivity contribution in [3.63, 3.8) is 0 Å². The van der Waals surface area contributed by atoms with E-state index < -0.39 is 0 Å². The summed E-state index contributed by atoms with van der Waals surface area (Å²) in [7, 11) is 4.67. The second-order valence-corrected chi connectivity index (χ2v) is 6.71. The van der Waals surface area contributed by atoms with E-state index in [1.54, 1.807) is 21.3 Å². The first-order valence-electron chi connectivity index (χ1n) is 9.35. The van der Waals surface area contributed by atoms with E-state index in [2.05, 4.69) is 46.9 Å². The Morgan fingerprint density at radius 3 is 2.46 bits per heavy atom. The molecule has 0 unspecified atom stereocenters. The van der Waals surface area contributed by atoms with Gasteiger partial charge in [0.1, 0.15) is 0 Å². The van der Waals surface area contributed by atoms with Gasteiger partial charge in [0.05, 0.1) is 32.6 Å². The highest BCUT2D eigenvalue weighted by Gasteiger charge is 2.32. The number of hydrogen-bond donors (Lipinski definition) is 0. The number of methoxy groups -OCH3 is 3. The molecule has 2 aromatic carbocycles. The third kappa shape index (κ3) is 2.68. The van der Waals surface area contributed by atoms with Crippen molar-refractivity contribution in [3.05, 3.63) is 42.1 Å². The first kappa shape index (κ1) is 18.2. The topological polar surface area (TPSA) is 52.9 Å². The van der Waals surface area contributed by atoms with Crippen molar-refractivity contribution >= 4 is 28.1 Å². The average Bonchev–Trinajstić information content (AvgIpc) is 3.14. The van der Waals surface area contributed by atoms with Crippen molar-refractivity contribution in [2.24, 2.45) is 0 Å². The van der Waals surface area contributed by atoms with Crippen LogP contribution < -0.4 is 19.1 Å². The van der Waals surface area contributed by atoms with Crippen LogP contribution in [0, 0.1) is 0 Å². The predicted octanol–water partition coefficient (Wildman–Crippen LogP) is 4.41. The summed E-state index contributed by atoms with van der Waals surface area (Å²) in [4.78, 5) is 14.9. The van der Waals surface area contributed by atoms with Crippen LogP contribution in [0.4, 0.5) is 11.4 Å². The van der Waals surface area contributed by atoms with Crippen LogP contribution in [0.15, 0.2) is 36.5 Å². The highest BCUT2D eigenvalue weighted by atomic mass is 16.5.